The molecule has 0 radical (unpaired) electrons. The summed E-state index contributed by atoms with van der Waals surface area (Å²) in [5, 5.41) is 11.3. The predicted molar refractivity (Wildman–Crippen MR) is 62.2 cm³/mol. The molecule has 0 unspecified atom stereocenters. The highest BCUT2D eigenvalue weighted by Crippen LogP contribution is 2.41. The van der Waals surface area contributed by atoms with E-state index < -0.39 is 57.3 Å². The normalized spacial score (nSPS) is 17.5. The van der Waals surface area contributed by atoms with E-state index in [1.54, 1.807) is 0 Å². The van der Waals surface area contributed by atoms with Crippen molar-refractivity contribution < 1.29 is 26.3 Å². The molecule has 0 bridgehead atoms. The summed E-state index contributed by atoms with van der Waals surface area (Å²) in [6.07, 6.45) is 0.294. The highest BCUT2D eigenvalue weighted by atomic mass is 19.2. The molecule has 1 aliphatic carbocycles. The number of halogens is 6. The van der Waals surface area contributed by atoms with Gasteiger partial charge in [-0.3, -0.25) is 0 Å². The van der Waals surface area contributed by atoms with Crippen LogP contribution in [0.5, 0.6) is 0 Å². The van der Waals surface area contributed by atoms with Gasteiger partial charge in [-0.25, -0.2) is 26.3 Å². The van der Waals surface area contributed by atoms with Crippen molar-refractivity contribution in [1.29, 1.82) is 5.26 Å². The quantitative estimate of drug-likeness (QED) is 0.179. The second-order valence-electron chi connectivity index (χ2n) is 3.87. The third kappa shape index (κ3) is 1.95. The largest absolute Gasteiger partial charge is 0.203 e. The molecule has 22 heavy (non-hydrogen) atoms. The van der Waals surface area contributed by atoms with Gasteiger partial charge >= 0.3 is 0 Å². The van der Waals surface area contributed by atoms with E-state index in [2.05, 4.69) is 10.1 Å². The lowest BCUT2D eigenvalue weighted by Crippen LogP contribution is -2.19. The van der Waals surface area contributed by atoms with Gasteiger partial charge < -0.3 is 0 Å². The third-order valence-electron chi connectivity index (χ3n) is 2.77. The Morgan fingerprint density at radius 2 is 1.45 bits per heavy atom. The molecule has 0 aromatic heterocycles. The highest BCUT2D eigenvalue weighted by molar-refractivity contribution is 6.19. The van der Waals surface area contributed by atoms with Gasteiger partial charge in [-0.1, -0.05) is 0 Å². The summed E-state index contributed by atoms with van der Waals surface area (Å²) in [4.78, 5) is 2.34. The van der Waals surface area contributed by atoms with Crippen molar-refractivity contribution in [3.8, 4) is 6.07 Å². The second kappa shape index (κ2) is 5.37. The summed E-state index contributed by atoms with van der Waals surface area (Å²) >= 11 is 0. The van der Waals surface area contributed by atoms with E-state index in [-0.39, 0.29) is 0 Å². The van der Waals surface area contributed by atoms with Crippen LogP contribution in [-0.2, 0) is 0 Å². The van der Waals surface area contributed by atoms with Crippen molar-refractivity contribution in [3.63, 3.8) is 0 Å². The summed E-state index contributed by atoms with van der Waals surface area (Å²) in [6.45, 7) is 6.46. The van der Waals surface area contributed by atoms with Gasteiger partial charge in [0.25, 0.3) is 0 Å². The Kier molecular flexibility index (Phi) is 3.74. The Hall–Kier alpha value is -3.07. The monoisotopic (exact) mass is 313 g/mol. The Balaban J connectivity index is 3.09. The summed E-state index contributed by atoms with van der Waals surface area (Å²) in [7, 11) is 0. The SMILES string of the molecule is [C-]#[N+]/N=C1C(F)=C(F)/C(=C\C#N)c2c(F)c(F)c(F)c(F)c2/1. The van der Waals surface area contributed by atoms with Crippen LogP contribution in [0.3, 0.4) is 0 Å². The lowest BCUT2D eigenvalue weighted by Gasteiger charge is -2.18. The van der Waals surface area contributed by atoms with Crippen LogP contribution >= 0.6 is 0 Å². The van der Waals surface area contributed by atoms with Crippen LogP contribution in [0.15, 0.2) is 22.8 Å². The molecular weight excluding hydrogens is 312 g/mol. The minimum atomic E-state index is -2.28. The molecule has 0 N–H and O–H groups in total. The molecule has 1 aromatic rings. The highest BCUT2D eigenvalue weighted by Gasteiger charge is 2.39. The van der Waals surface area contributed by atoms with Crippen molar-refractivity contribution in [3.05, 3.63) is 63.7 Å². The summed E-state index contributed by atoms with van der Waals surface area (Å²) in [6, 6.07) is 1.25. The maximum atomic E-state index is 13.8. The van der Waals surface area contributed by atoms with E-state index in [9.17, 15) is 26.3 Å². The molecule has 3 nitrogen and oxygen atoms in total. The van der Waals surface area contributed by atoms with Crippen LogP contribution < -0.4 is 0 Å². The first kappa shape index (κ1) is 15.3. The van der Waals surface area contributed by atoms with Crippen LogP contribution in [0, 0.1) is 41.2 Å². The molecule has 1 aliphatic rings. The molecule has 0 fully saturated rings. The average Bonchev–Trinajstić information content (AvgIpc) is 2.50. The Labute approximate surface area is 118 Å². The number of nitrogens with zero attached hydrogens (tertiary/aromatic N) is 3. The van der Waals surface area contributed by atoms with Gasteiger partial charge in [-0.05, 0) is 0 Å². The minimum absolute atomic E-state index is 0.294. The van der Waals surface area contributed by atoms with Gasteiger partial charge in [-0.15, -0.1) is 4.95 Å². The number of benzene rings is 1. The average molecular weight is 313 g/mol. The number of hydrogen-bond acceptors (Lipinski definition) is 2. The first-order chi connectivity index (χ1) is 10.4. The van der Waals surface area contributed by atoms with Gasteiger partial charge in [-0.2, -0.15) is 11.8 Å². The summed E-state index contributed by atoms with van der Waals surface area (Å²) in [5.41, 5.74) is -4.94. The zero-order chi connectivity index (χ0) is 16.6. The van der Waals surface area contributed by atoms with Crippen LogP contribution in [0.25, 0.3) is 10.5 Å². The van der Waals surface area contributed by atoms with Gasteiger partial charge in [0.05, 0.1) is 16.7 Å². The van der Waals surface area contributed by atoms with Crippen LogP contribution in [0.1, 0.15) is 11.1 Å². The van der Waals surface area contributed by atoms with Crippen molar-refractivity contribution in [1.82, 2.24) is 0 Å². The fraction of sp³-hybridized carbons (Fsp3) is 0. The standard InChI is InChI=1S/C13HF6N3/c1-21-22-13-6-5(4(2-3-20)7(14)12(13)19)8(15)10(17)11(18)9(6)16/h2H/b4-2-,22-13+. The molecule has 1 aromatic carbocycles. The van der Waals surface area contributed by atoms with Crippen LogP contribution in [0.2, 0.25) is 0 Å². The molecule has 2 rings (SSSR count). The molecule has 0 saturated carbocycles. The van der Waals surface area contributed by atoms with E-state index in [1.165, 1.54) is 6.07 Å². The fourth-order valence-electron chi connectivity index (χ4n) is 1.89. The van der Waals surface area contributed by atoms with Crippen molar-refractivity contribution in [2.45, 2.75) is 0 Å². The number of fused-ring (bicyclic) bond motifs is 1. The van der Waals surface area contributed by atoms with Crippen molar-refractivity contribution >= 4 is 11.3 Å². The summed E-state index contributed by atoms with van der Waals surface area (Å²) in [5.74, 6) is -12.4. The second-order valence-corrected chi connectivity index (χ2v) is 3.87. The van der Waals surface area contributed by atoms with Crippen LogP contribution in [-0.4, -0.2) is 5.71 Å². The van der Waals surface area contributed by atoms with Gasteiger partial charge in [0, 0.05) is 17.2 Å². The first-order valence-corrected chi connectivity index (χ1v) is 5.33. The Morgan fingerprint density at radius 3 is 1.95 bits per heavy atom. The molecule has 110 valence electrons. The van der Waals surface area contributed by atoms with Gasteiger partial charge in [0.15, 0.2) is 40.6 Å². The zero-order valence-electron chi connectivity index (χ0n) is 10.2. The molecule has 0 spiro atoms. The van der Waals surface area contributed by atoms with Crippen molar-refractivity contribution in [2.24, 2.45) is 5.10 Å². The first-order valence-electron chi connectivity index (χ1n) is 5.33. The van der Waals surface area contributed by atoms with Crippen molar-refractivity contribution in [2.75, 3.05) is 0 Å². The predicted octanol–water partition coefficient (Wildman–Crippen LogP) is 3.94. The lowest BCUT2D eigenvalue weighted by molar-refractivity contribution is 0.406. The maximum absolute atomic E-state index is 13.8. The van der Waals surface area contributed by atoms with E-state index in [1.807, 2.05) is 0 Å². The molecule has 0 heterocycles. The van der Waals surface area contributed by atoms with E-state index in [0.717, 1.165) is 0 Å². The number of nitriles is 1. The van der Waals surface area contributed by atoms with E-state index >= 15 is 0 Å². The molecule has 0 saturated heterocycles. The Morgan fingerprint density at radius 1 is 0.909 bits per heavy atom. The van der Waals surface area contributed by atoms with Gasteiger partial charge in [0.2, 0.25) is 0 Å². The van der Waals surface area contributed by atoms with Crippen LogP contribution in [0.4, 0.5) is 26.3 Å². The lowest BCUT2D eigenvalue weighted by atomic mass is 9.88. The Bertz CT molecular complexity index is 796. The smallest absolute Gasteiger partial charge is 0.198 e. The molecule has 0 atom stereocenters. The van der Waals surface area contributed by atoms with E-state index in [0.29, 0.717) is 6.08 Å². The molecule has 9 heteroatoms. The zero-order valence-corrected chi connectivity index (χ0v) is 10.2. The topological polar surface area (TPSA) is 40.5 Å². The molecule has 0 amide bonds. The maximum Gasteiger partial charge on any atom is 0.198 e. The fourth-order valence-corrected chi connectivity index (χ4v) is 1.89. The number of hydrogen-bond donors (Lipinski definition) is 0. The van der Waals surface area contributed by atoms with Gasteiger partial charge in [0.1, 0.15) is 0 Å². The third-order valence-corrected chi connectivity index (χ3v) is 2.77. The molecular formula is C13HF6N3. The van der Waals surface area contributed by atoms with E-state index in [4.69, 9.17) is 11.8 Å². The minimum Gasteiger partial charge on any atom is -0.203 e. The number of rotatable bonds is 0. The molecule has 0 aliphatic heterocycles. The summed E-state index contributed by atoms with van der Waals surface area (Å²) < 4.78 is 81.9. The number of allylic oxidation sites excluding steroid dienone is 4.